The van der Waals surface area contributed by atoms with Crippen LogP contribution >= 0.6 is 11.6 Å². The molecule has 2 aliphatic rings. The largest absolute Gasteiger partial charge is 0.347 e. The predicted molar refractivity (Wildman–Crippen MR) is 126 cm³/mol. The van der Waals surface area contributed by atoms with Crippen LogP contribution in [-0.4, -0.2) is 28.2 Å². The molecule has 1 atom stereocenters. The predicted octanol–water partition coefficient (Wildman–Crippen LogP) is 5.09. The van der Waals surface area contributed by atoms with E-state index < -0.39 is 5.72 Å². The van der Waals surface area contributed by atoms with Crippen molar-refractivity contribution in [1.29, 1.82) is 5.26 Å². The third kappa shape index (κ3) is 3.87. The molecule has 0 radical (unpaired) electrons. The molecule has 170 valence electrons. The van der Waals surface area contributed by atoms with Crippen LogP contribution < -0.4 is 0 Å². The number of amides is 1. The van der Waals surface area contributed by atoms with Crippen molar-refractivity contribution in [2.45, 2.75) is 32.0 Å². The Hall–Kier alpha value is -3.53. The number of aromatic nitrogens is 1. The smallest absolute Gasteiger partial charge is 0.257 e. The normalized spacial score (nSPS) is 19.1. The van der Waals surface area contributed by atoms with Gasteiger partial charge in [-0.15, -0.1) is 0 Å². The topological polar surface area (TPSA) is 83.3 Å². The molecule has 0 N–H and O–H groups in total. The van der Waals surface area contributed by atoms with Crippen LogP contribution in [0.1, 0.15) is 62.9 Å². The molecular weight excluding hydrogens is 450 g/mol. The molecule has 1 aliphatic carbocycles. The van der Waals surface area contributed by atoms with Crippen molar-refractivity contribution in [3.05, 3.63) is 99.3 Å². The van der Waals surface area contributed by atoms with E-state index in [-0.39, 0.29) is 18.2 Å². The zero-order valence-corrected chi connectivity index (χ0v) is 19.4. The van der Waals surface area contributed by atoms with Crippen molar-refractivity contribution in [3.8, 4) is 6.07 Å². The van der Waals surface area contributed by atoms with E-state index in [1.165, 1.54) is 13.1 Å². The maximum absolute atomic E-state index is 13.8. The summed E-state index contributed by atoms with van der Waals surface area (Å²) in [7, 11) is 0. The lowest BCUT2D eigenvalue weighted by Crippen LogP contribution is -2.47. The number of halogens is 1. The van der Waals surface area contributed by atoms with Crippen LogP contribution in [0.2, 0.25) is 5.02 Å². The summed E-state index contributed by atoms with van der Waals surface area (Å²) >= 11 is 6.19. The first-order valence-electron chi connectivity index (χ1n) is 11.1. The van der Waals surface area contributed by atoms with Gasteiger partial charge in [0.25, 0.3) is 5.91 Å². The second-order valence-electron chi connectivity index (χ2n) is 8.76. The number of nitrogens with zero attached hydrogens (tertiary/aromatic N) is 3. The zero-order valence-electron chi connectivity index (χ0n) is 18.6. The SMILES string of the molecule is CC(=O)c1ccc2c(c1)C(=O)N(Cc1ccc(C#N)cn1)C2(OCC1CC1)c1ccc(Cl)cc1. The number of carbonyl (C=O) groups is 2. The fourth-order valence-electron chi connectivity index (χ4n) is 4.35. The molecule has 1 aromatic heterocycles. The third-order valence-corrected chi connectivity index (χ3v) is 6.63. The van der Waals surface area contributed by atoms with Gasteiger partial charge in [0.05, 0.1) is 24.4 Å². The molecule has 2 aromatic carbocycles. The summed E-state index contributed by atoms with van der Waals surface area (Å²) in [6.07, 6.45) is 3.68. The van der Waals surface area contributed by atoms with Gasteiger partial charge in [-0.2, -0.15) is 5.26 Å². The monoisotopic (exact) mass is 471 g/mol. The van der Waals surface area contributed by atoms with Gasteiger partial charge in [-0.3, -0.25) is 19.5 Å². The molecule has 1 amide bonds. The summed E-state index contributed by atoms with van der Waals surface area (Å²) < 4.78 is 6.66. The summed E-state index contributed by atoms with van der Waals surface area (Å²) in [6, 6.07) is 18.0. The van der Waals surface area contributed by atoms with Crippen molar-refractivity contribution in [1.82, 2.24) is 9.88 Å². The lowest BCUT2D eigenvalue weighted by molar-refractivity contribution is -0.115. The fourth-order valence-corrected chi connectivity index (χ4v) is 4.47. The average Bonchev–Trinajstić information content (AvgIpc) is 3.65. The molecule has 5 rings (SSSR count). The fraction of sp³-hybridized carbons (Fsp3) is 0.259. The lowest BCUT2D eigenvalue weighted by Gasteiger charge is -2.39. The molecule has 0 spiro atoms. The Morgan fingerprint density at radius 2 is 1.97 bits per heavy atom. The number of rotatable bonds is 7. The second kappa shape index (κ2) is 8.68. The number of fused-ring (bicyclic) bond motifs is 1. The molecule has 1 fully saturated rings. The molecule has 6 nitrogen and oxygen atoms in total. The van der Waals surface area contributed by atoms with Gasteiger partial charge >= 0.3 is 0 Å². The Morgan fingerprint density at radius 3 is 2.59 bits per heavy atom. The van der Waals surface area contributed by atoms with E-state index in [0.29, 0.717) is 45.5 Å². The number of hydrogen-bond acceptors (Lipinski definition) is 5. The van der Waals surface area contributed by atoms with E-state index in [9.17, 15) is 9.59 Å². The second-order valence-corrected chi connectivity index (χ2v) is 9.20. The number of ether oxygens (including phenoxy) is 1. The van der Waals surface area contributed by atoms with Crippen LogP contribution in [0.25, 0.3) is 0 Å². The molecule has 1 unspecified atom stereocenters. The minimum Gasteiger partial charge on any atom is -0.347 e. The van der Waals surface area contributed by atoms with E-state index in [1.807, 2.05) is 18.2 Å². The molecular formula is C27H22ClN3O3. The highest BCUT2D eigenvalue weighted by atomic mass is 35.5. The summed E-state index contributed by atoms with van der Waals surface area (Å²) in [5, 5.41) is 9.69. The maximum Gasteiger partial charge on any atom is 0.257 e. The van der Waals surface area contributed by atoms with E-state index in [2.05, 4.69) is 11.1 Å². The Morgan fingerprint density at radius 1 is 1.21 bits per heavy atom. The average molecular weight is 472 g/mol. The molecule has 7 heteroatoms. The molecule has 0 bridgehead atoms. The highest BCUT2D eigenvalue weighted by molar-refractivity contribution is 6.30. The van der Waals surface area contributed by atoms with Crippen molar-refractivity contribution >= 4 is 23.3 Å². The van der Waals surface area contributed by atoms with Crippen LogP contribution in [0.4, 0.5) is 0 Å². The van der Waals surface area contributed by atoms with Crippen LogP contribution in [0.3, 0.4) is 0 Å². The first-order chi connectivity index (χ1) is 16.4. The van der Waals surface area contributed by atoms with Crippen LogP contribution in [0.15, 0.2) is 60.8 Å². The van der Waals surface area contributed by atoms with Gasteiger partial charge in [0, 0.05) is 33.5 Å². The number of nitriles is 1. The van der Waals surface area contributed by atoms with Gasteiger partial charge in [0.1, 0.15) is 6.07 Å². The number of benzene rings is 2. The molecule has 1 aliphatic heterocycles. The Labute approximate surface area is 202 Å². The number of pyridine rings is 1. The van der Waals surface area contributed by atoms with E-state index in [1.54, 1.807) is 41.3 Å². The Balaban J connectivity index is 1.68. The van der Waals surface area contributed by atoms with Gasteiger partial charge in [0.15, 0.2) is 11.5 Å². The minimum absolute atomic E-state index is 0.112. The van der Waals surface area contributed by atoms with Crippen LogP contribution in [0, 0.1) is 17.2 Å². The van der Waals surface area contributed by atoms with Crippen molar-refractivity contribution < 1.29 is 14.3 Å². The number of carbonyl (C=O) groups excluding carboxylic acids is 2. The van der Waals surface area contributed by atoms with Gasteiger partial charge in [0.2, 0.25) is 0 Å². The molecule has 3 aromatic rings. The summed E-state index contributed by atoms with van der Waals surface area (Å²) in [6.45, 7) is 2.15. The number of hydrogen-bond donors (Lipinski definition) is 0. The molecule has 0 saturated heterocycles. The van der Waals surface area contributed by atoms with Gasteiger partial charge < -0.3 is 4.74 Å². The number of ketones is 1. The van der Waals surface area contributed by atoms with Gasteiger partial charge in [-0.25, -0.2) is 0 Å². The first-order valence-corrected chi connectivity index (χ1v) is 11.5. The number of Topliss-reactive ketones (excluding diaryl/α,β-unsaturated/α-hetero) is 1. The molecule has 1 saturated carbocycles. The highest BCUT2D eigenvalue weighted by Gasteiger charge is 2.53. The van der Waals surface area contributed by atoms with E-state index in [4.69, 9.17) is 21.6 Å². The summed E-state index contributed by atoms with van der Waals surface area (Å²) in [4.78, 5) is 32.0. The highest BCUT2D eigenvalue weighted by Crippen LogP contribution is 2.48. The summed E-state index contributed by atoms with van der Waals surface area (Å²) in [5.41, 5.74) is 2.25. The van der Waals surface area contributed by atoms with Gasteiger partial charge in [-0.05, 0) is 56.0 Å². The van der Waals surface area contributed by atoms with Crippen molar-refractivity contribution in [3.63, 3.8) is 0 Å². The van der Waals surface area contributed by atoms with Crippen molar-refractivity contribution in [2.75, 3.05) is 6.61 Å². The van der Waals surface area contributed by atoms with E-state index >= 15 is 0 Å². The molecule has 2 heterocycles. The molecule has 34 heavy (non-hydrogen) atoms. The summed E-state index contributed by atoms with van der Waals surface area (Å²) in [5.74, 6) is 0.100. The standard InChI is InChI=1S/C27H22ClN3O3/c1-17(32)20-5-11-25-24(12-20)26(33)31(15-23-10-4-19(13-29)14-30-23)27(25,34-16-18-2-3-18)21-6-8-22(28)9-7-21/h4-12,14,18H,2-3,15-16H2,1H3. The Kier molecular flexibility index (Phi) is 5.68. The van der Waals surface area contributed by atoms with Crippen LogP contribution in [-0.2, 0) is 17.0 Å². The van der Waals surface area contributed by atoms with Crippen molar-refractivity contribution in [2.24, 2.45) is 5.92 Å². The van der Waals surface area contributed by atoms with Gasteiger partial charge in [-0.1, -0.05) is 35.9 Å². The third-order valence-electron chi connectivity index (χ3n) is 6.38. The maximum atomic E-state index is 13.8. The Bertz CT molecular complexity index is 1310. The first kappa shape index (κ1) is 22.3. The zero-order chi connectivity index (χ0) is 23.9. The minimum atomic E-state index is -1.19. The van der Waals surface area contributed by atoms with Crippen LogP contribution in [0.5, 0.6) is 0 Å². The lowest BCUT2D eigenvalue weighted by atomic mass is 9.91. The van der Waals surface area contributed by atoms with E-state index in [0.717, 1.165) is 18.4 Å². The quantitative estimate of drug-likeness (QED) is 0.448.